The van der Waals surface area contributed by atoms with E-state index in [1.165, 1.54) is 37.9 Å². The van der Waals surface area contributed by atoms with Gasteiger partial charge in [-0.2, -0.15) is 8.42 Å². The highest BCUT2D eigenvalue weighted by Gasteiger charge is 2.15. The van der Waals surface area contributed by atoms with Crippen molar-refractivity contribution >= 4 is 16.6 Å². The van der Waals surface area contributed by atoms with Gasteiger partial charge < -0.3 is 10.4 Å². The van der Waals surface area contributed by atoms with Crippen molar-refractivity contribution in [2.75, 3.05) is 6.54 Å². The van der Waals surface area contributed by atoms with Crippen molar-refractivity contribution in [3.63, 3.8) is 0 Å². The van der Waals surface area contributed by atoms with Gasteiger partial charge in [0.25, 0.3) is 16.6 Å². The van der Waals surface area contributed by atoms with Gasteiger partial charge in [0, 0.05) is 6.04 Å². The molecule has 2 rings (SSSR count). The van der Waals surface area contributed by atoms with E-state index in [0.29, 0.717) is 0 Å². The maximum absolute atomic E-state index is 10.5. The molecule has 132 valence electrons. The van der Waals surface area contributed by atoms with E-state index in [4.69, 9.17) is 14.5 Å². The highest BCUT2D eigenvalue weighted by Crippen LogP contribution is 2.16. The fraction of sp³-hybridized carbons (Fsp3) is 0.562. The highest BCUT2D eigenvalue weighted by molar-refractivity contribution is 7.85. The molecule has 0 saturated carbocycles. The summed E-state index contributed by atoms with van der Waals surface area (Å²) in [6.07, 6.45) is 4.05. The number of carbonyl (C=O) groups is 1. The topological polar surface area (TPSA) is 104 Å². The molecule has 2 atom stereocenters. The Morgan fingerprint density at radius 3 is 2.17 bits per heavy atom. The van der Waals surface area contributed by atoms with Crippen molar-refractivity contribution in [2.24, 2.45) is 5.92 Å². The highest BCUT2D eigenvalue weighted by atomic mass is 32.2. The monoisotopic (exact) mass is 345 g/mol. The molecule has 3 N–H and O–H groups in total. The zero-order valence-corrected chi connectivity index (χ0v) is 14.7. The van der Waals surface area contributed by atoms with Crippen LogP contribution in [0.15, 0.2) is 29.2 Å². The van der Waals surface area contributed by atoms with Gasteiger partial charge in [0.2, 0.25) is 0 Å². The third-order valence-corrected chi connectivity index (χ3v) is 4.44. The van der Waals surface area contributed by atoms with Crippen LogP contribution in [0.3, 0.4) is 0 Å². The molecule has 0 bridgehead atoms. The molecule has 1 aliphatic rings. The zero-order valence-electron chi connectivity index (χ0n) is 13.9. The van der Waals surface area contributed by atoms with Crippen LogP contribution in [0.2, 0.25) is 0 Å². The van der Waals surface area contributed by atoms with Crippen molar-refractivity contribution < 1.29 is 22.9 Å². The summed E-state index contributed by atoms with van der Waals surface area (Å²) >= 11 is 0. The summed E-state index contributed by atoms with van der Waals surface area (Å²) in [4.78, 5) is 8.29. The maximum atomic E-state index is 10.5. The molecule has 1 saturated heterocycles. The molecule has 6 nitrogen and oxygen atoms in total. The van der Waals surface area contributed by atoms with Crippen LogP contribution in [-0.2, 0) is 14.9 Å². The zero-order chi connectivity index (χ0) is 17.9. The van der Waals surface area contributed by atoms with Crippen LogP contribution in [0.1, 0.15) is 38.7 Å². The standard InChI is InChI=1S/C8H17N.C7H8O3S.CH2O2/c1-3-8-6-7(2)4-5-9-8;1-6-2-4-7(5-3-6)11(8,9)10;2-1-3/h7-9H,3-6H2,1-2H3;2-5H,1H3,(H,8,9,10);1H,(H,2,3). The summed E-state index contributed by atoms with van der Waals surface area (Å²) in [5, 5.41) is 10.4. The van der Waals surface area contributed by atoms with Crippen molar-refractivity contribution in [1.29, 1.82) is 0 Å². The van der Waals surface area contributed by atoms with Crippen LogP contribution in [-0.4, -0.2) is 37.1 Å². The van der Waals surface area contributed by atoms with Gasteiger partial charge in [0.05, 0.1) is 4.90 Å². The van der Waals surface area contributed by atoms with E-state index in [1.54, 1.807) is 12.1 Å². The molecular weight excluding hydrogens is 318 g/mol. The molecule has 23 heavy (non-hydrogen) atoms. The summed E-state index contributed by atoms with van der Waals surface area (Å²) in [5.74, 6) is 0.955. The van der Waals surface area contributed by atoms with E-state index in [-0.39, 0.29) is 11.4 Å². The minimum atomic E-state index is -4.02. The summed E-state index contributed by atoms with van der Waals surface area (Å²) in [7, 11) is -4.02. The van der Waals surface area contributed by atoms with E-state index in [2.05, 4.69) is 19.2 Å². The number of nitrogens with one attached hydrogen (secondary N) is 1. The third-order valence-electron chi connectivity index (χ3n) is 3.57. The van der Waals surface area contributed by atoms with Gasteiger partial charge in [-0.1, -0.05) is 31.5 Å². The Labute approximate surface area is 138 Å². The molecule has 7 heteroatoms. The molecular formula is C16H27NO5S. The Hall–Kier alpha value is -1.44. The normalized spacial score (nSPS) is 20.3. The smallest absolute Gasteiger partial charge is 0.294 e. The fourth-order valence-corrected chi connectivity index (χ4v) is 2.72. The molecule has 0 aromatic heterocycles. The van der Waals surface area contributed by atoms with Crippen LogP contribution in [0.4, 0.5) is 0 Å². The van der Waals surface area contributed by atoms with Gasteiger partial charge in [-0.15, -0.1) is 0 Å². The second-order valence-corrected chi connectivity index (χ2v) is 7.00. The van der Waals surface area contributed by atoms with Crippen molar-refractivity contribution in [1.82, 2.24) is 5.32 Å². The quantitative estimate of drug-likeness (QED) is 0.562. The van der Waals surface area contributed by atoms with E-state index in [1.807, 2.05) is 6.92 Å². The van der Waals surface area contributed by atoms with E-state index >= 15 is 0 Å². The number of carboxylic acid groups (broad SMARTS) is 1. The van der Waals surface area contributed by atoms with Crippen LogP contribution < -0.4 is 5.32 Å². The second-order valence-electron chi connectivity index (χ2n) is 5.58. The van der Waals surface area contributed by atoms with Crippen molar-refractivity contribution in [2.45, 2.75) is 51.0 Å². The second kappa shape index (κ2) is 11.2. The molecule has 0 amide bonds. The third kappa shape index (κ3) is 10.0. The summed E-state index contributed by atoms with van der Waals surface area (Å²) in [6, 6.07) is 6.80. The lowest BCUT2D eigenvalue weighted by Gasteiger charge is -2.26. The number of benzene rings is 1. The molecule has 0 aliphatic carbocycles. The van der Waals surface area contributed by atoms with Crippen LogP contribution in [0.25, 0.3) is 0 Å². The van der Waals surface area contributed by atoms with Gasteiger partial charge >= 0.3 is 0 Å². The molecule has 0 spiro atoms. The van der Waals surface area contributed by atoms with Crippen LogP contribution in [0.5, 0.6) is 0 Å². The summed E-state index contributed by atoms with van der Waals surface area (Å²) < 4.78 is 29.6. The van der Waals surface area contributed by atoms with E-state index in [0.717, 1.165) is 17.5 Å². The van der Waals surface area contributed by atoms with Crippen molar-refractivity contribution in [3.8, 4) is 0 Å². The fourth-order valence-electron chi connectivity index (χ4n) is 2.24. The number of aryl methyl sites for hydroxylation is 1. The predicted molar refractivity (Wildman–Crippen MR) is 90.2 cm³/mol. The summed E-state index contributed by atoms with van der Waals surface area (Å²) in [5.41, 5.74) is 0.956. The molecule has 1 aliphatic heterocycles. The van der Waals surface area contributed by atoms with E-state index < -0.39 is 10.1 Å². The average molecular weight is 345 g/mol. The Kier molecular flexibility index (Phi) is 10.5. The van der Waals surface area contributed by atoms with Gasteiger partial charge in [-0.25, -0.2) is 0 Å². The minimum Gasteiger partial charge on any atom is -0.483 e. The molecule has 2 unspecified atom stereocenters. The van der Waals surface area contributed by atoms with Crippen LogP contribution >= 0.6 is 0 Å². The number of rotatable bonds is 2. The number of hydrogen-bond acceptors (Lipinski definition) is 4. The summed E-state index contributed by atoms with van der Waals surface area (Å²) in [6.45, 7) is 7.44. The first kappa shape index (κ1) is 21.6. The molecule has 1 fully saturated rings. The molecule has 1 aromatic rings. The maximum Gasteiger partial charge on any atom is 0.294 e. The van der Waals surface area contributed by atoms with Crippen LogP contribution in [0, 0.1) is 12.8 Å². The van der Waals surface area contributed by atoms with Gasteiger partial charge in [-0.05, 0) is 50.8 Å². The number of piperidine rings is 1. The molecule has 1 heterocycles. The number of hydrogen-bond donors (Lipinski definition) is 3. The first-order valence-electron chi connectivity index (χ1n) is 7.59. The lowest BCUT2D eigenvalue weighted by Crippen LogP contribution is -2.36. The first-order valence-corrected chi connectivity index (χ1v) is 9.04. The predicted octanol–water partition coefficient (Wildman–Crippen LogP) is 2.73. The Balaban J connectivity index is 0.000000365. The van der Waals surface area contributed by atoms with Gasteiger partial charge in [0.1, 0.15) is 0 Å². The Morgan fingerprint density at radius 1 is 1.30 bits per heavy atom. The molecule has 1 aromatic carbocycles. The van der Waals surface area contributed by atoms with Gasteiger partial charge in [-0.3, -0.25) is 9.35 Å². The lowest BCUT2D eigenvalue weighted by atomic mass is 9.93. The Morgan fingerprint density at radius 2 is 1.83 bits per heavy atom. The van der Waals surface area contributed by atoms with Gasteiger partial charge in [0.15, 0.2) is 0 Å². The lowest BCUT2D eigenvalue weighted by molar-refractivity contribution is -0.122. The largest absolute Gasteiger partial charge is 0.483 e. The first-order chi connectivity index (χ1) is 10.7. The molecule has 0 radical (unpaired) electrons. The SMILES string of the molecule is CCC1CC(C)CCN1.Cc1ccc(S(=O)(=O)O)cc1.O=CO. The Bertz CT molecular complexity index is 542. The van der Waals surface area contributed by atoms with E-state index in [9.17, 15) is 8.42 Å². The van der Waals surface area contributed by atoms with Crippen molar-refractivity contribution in [3.05, 3.63) is 29.8 Å². The minimum absolute atomic E-state index is 0.0666. The average Bonchev–Trinajstić information content (AvgIpc) is 2.48.